The molecule has 5 rings (SSSR count). The van der Waals surface area contributed by atoms with Crippen LogP contribution in [-0.4, -0.2) is 61.7 Å². The maximum Gasteiger partial charge on any atom is 0.263 e. The highest BCUT2D eigenvalue weighted by molar-refractivity contribution is 6.33. The quantitative estimate of drug-likeness (QED) is 0.662. The van der Waals surface area contributed by atoms with E-state index in [1.165, 1.54) is 18.2 Å². The Bertz CT molecular complexity index is 1190. The van der Waals surface area contributed by atoms with Crippen LogP contribution < -0.4 is 24.4 Å². The summed E-state index contributed by atoms with van der Waals surface area (Å²) in [4.78, 5) is 39.5. The van der Waals surface area contributed by atoms with Gasteiger partial charge < -0.3 is 19.5 Å². The Kier molecular flexibility index (Phi) is 5.25. The van der Waals surface area contributed by atoms with Gasteiger partial charge in [-0.25, -0.2) is 4.90 Å². The van der Waals surface area contributed by atoms with E-state index in [9.17, 15) is 14.4 Å². The second-order valence-corrected chi connectivity index (χ2v) is 7.84. The fraction of sp³-hybridized carbons (Fsp3) is 0.286. The Labute approximate surface area is 192 Å². The molecule has 0 aliphatic carbocycles. The molecule has 0 aromatic heterocycles. The van der Waals surface area contributed by atoms with Crippen LogP contribution in [0.2, 0.25) is 5.02 Å². The highest BCUT2D eigenvalue weighted by Crippen LogP contribution is 2.36. The number of ether oxygens (including phenoxy) is 3. The van der Waals surface area contributed by atoms with Crippen LogP contribution in [0.4, 0.5) is 11.4 Å². The molecule has 2 aromatic carbocycles. The molecule has 0 saturated carbocycles. The van der Waals surface area contributed by atoms with Gasteiger partial charge in [-0.3, -0.25) is 19.4 Å². The van der Waals surface area contributed by atoms with Gasteiger partial charge in [0.2, 0.25) is 5.91 Å². The van der Waals surface area contributed by atoms with Gasteiger partial charge in [0.25, 0.3) is 11.8 Å². The summed E-state index contributed by atoms with van der Waals surface area (Å²) in [6.45, 7) is 0.622. The van der Waals surface area contributed by atoms with Crippen molar-refractivity contribution in [2.24, 2.45) is 10.3 Å². The molecule has 0 radical (unpaired) electrons. The lowest BCUT2D eigenvalue weighted by atomic mass is 10.1. The third-order valence-electron chi connectivity index (χ3n) is 5.38. The zero-order chi connectivity index (χ0) is 23.1. The Balaban J connectivity index is 1.29. The minimum atomic E-state index is -1.03. The largest absolute Gasteiger partial charge is 0.495 e. The van der Waals surface area contributed by atoms with Gasteiger partial charge in [-0.1, -0.05) is 16.8 Å². The molecule has 1 saturated heterocycles. The van der Waals surface area contributed by atoms with Gasteiger partial charge in [-0.05, 0) is 30.3 Å². The molecule has 2 atom stereocenters. The molecule has 1 N–H and O–H groups in total. The van der Waals surface area contributed by atoms with Crippen molar-refractivity contribution < 1.29 is 28.6 Å². The summed E-state index contributed by atoms with van der Waals surface area (Å²) in [5.74, 6) is 0.0388. The molecular weight excluding hydrogens is 454 g/mol. The zero-order valence-electron chi connectivity index (χ0n) is 17.4. The van der Waals surface area contributed by atoms with Gasteiger partial charge in [0.1, 0.15) is 25.5 Å². The van der Waals surface area contributed by atoms with Gasteiger partial charge in [-0.15, -0.1) is 0 Å². The first-order valence-corrected chi connectivity index (χ1v) is 10.4. The van der Waals surface area contributed by atoms with Crippen LogP contribution in [0, 0.1) is 0 Å². The first-order chi connectivity index (χ1) is 16.0. The number of nitrogens with zero attached hydrogens (tertiary/aromatic N) is 4. The van der Waals surface area contributed by atoms with E-state index in [-0.39, 0.29) is 11.6 Å². The number of hydrogen-bond donors (Lipinski definition) is 1. The van der Waals surface area contributed by atoms with E-state index < -0.39 is 29.8 Å². The third-order valence-corrected chi connectivity index (χ3v) is 5.68. The Morgan fingerprint density at radius 3 is 2.70 bits per heavy atom. The number of amides is 3. The molecule has 2 aromatic rings. The van der Waals surface area contributed by atoms with Crippen molar-refractivity contribution in [3.05, 3.63) is 41.4 Å². The van der Waals surface area contributed by atoms with Crippen molar-refractivity contribution >= 4 is 40.7 Å². The molecule has 12 heteroatoms. The minimum absolute atomic E-state index is 0.255. The molecule has 3 aliphatic rings. The van der Waals surface area contributed by atoms with Crippen molar-refractivity contribution in [2.45, 2.75) is 12.1 Å². The van der Waals surface area contributed by atoms with Gasteiger partial charge in [0, 0.05) is 11.8 Å². The van der Waals surface area contributed by atoms with E-state index in [2.05, 4.69) is 15.7 Å². The van der Waals surface area contributed by atoms with Crippen LogP contribution in [0.25, 0.3) is 0 Å². The van der Waals surface area contributed by atoms with E-state index in [0.29, 0.717) is 41.8 Å². The summed E-state index contributed by atoms with van der Waals surface area (Å²) >= 11 is 6.15. The molecule has 3 amide bonds. The van der Waals surface area contributed by atoms with Crippen molar-refractivity contribution in [3.8, 4) is 17.2 Å². The van der Waals surface area contributed by atoms with Gasteiger partial charge in [0.05, 0.1) is 17.8 Å². The number of imide groups is 1. The van der Waals surface area contributed by atoms with E-state index in [1.807, 2.05) is 0 Å². The second kappa shape index (κ2) is 8.24. The van der Waals surface area contributed by atoms with Crippen molar-refractivity contribution in [2.75, 3.05) is 37.1 Å². The average Bonchev–Trinajstić information content (AvgIpc) is 3.32. The molecular formula is C21H18ClN5O6. The number of fused-ring (bicyclic) bond motifs is 2. The van der Waals surface area contributed by atoms with Gasteiger partial charge >= 0.3 is 0 Å². The molecule has 0 spiro atoms. The van der Waals surface area contributed by atoms with Crippen LogP contribution in [0.1, 0.15) is 0 Å². The molecule has 3 aliphatic heterocycles. The van der Waals surface area contributed by atoms with Crippen molar-refractivity contribution in [3.63, 3.8) is 0 Å². The summed E-state index contributed by atoms with van der Waals surface area (Å²) in [5.41, 5.74) is 0.793. The molecule has 3 heterocycles. The van der Waals surface area contributed by atoms with Crippen molar-refractivity contribution in [1.82, 2.24) is 5.01 Å². The lowest BCUT2D eigenvalue weighted by Gasteiger charge is -2.21. The van der Waals surface area contributed by atoms with Gasteiger partial charge in [-0.2, -0.15) is 5.11 Å². The summed E-state index contributed by atoms with van der Waals surface area (Å²) in [6.07, 6.45) is 0. The number of benzene rings is 2. The predicted molar refractivity (Wildman–Crippen MR) is 116 cm³/mol. The molecule has 170 valence electrons. The second-order valence-electron chi connectivity index (χ2n) is 7.43. The first kappa shape index (κ1) is 21.0. The van der Waals surface area contributed by atoms with E-state index in [4.69, 9.17) is 25.8 Å². The molecule has 11 nitrogen and oxygen atoms in total. The van der Waals surface area contributed by atoms with Crippen LogP contribution >= 0.6 is 11.6 Å². The fourth-order valence-electron chi connectivity index (χ4n) is 3.87. The van der Waals surface area contributed by atoms with E-state index in [1.54, 1.807) is 30.3 Å². The maximum atomic E-state index is 13.1. The van der Waals surface area contributed by atoms with Crippen LogP contribution in [0.3, 0.4) is 0 Å². The predicted octanol–water partition coefficient (Wildman–Crippen LogP) is 2.05. The summed E-state index contributed by atoms with van der Waals surface area (Å²) in [6, 6.07) is 7.58. The summed E-state index contributed by atoms with van der Waals surface area (Å²) in [5, 5.41) is 12.0. The topological polar surface area (TPSA) is 122 Å². The average molecular weight is 472 g/mol. The SMILES string of the molecule is COc1ccc(N2C(=O)C3N=NN(CC(=O)Nc4ccc5c(c4)OCCO5)C3C2=O)cc1Cl. The number of halogens is 1. The van der Waals surface area contributed by atoms with E-state index >= 15 is 0 Å². The number of hydrogen-bond acceptors (Lipinski definition) is 9. The maximum absolute atomic E-state index is 13.1. The highest BCUT2D eigenvalue weighted by atomic mass is 35.5. The molecule has 1 fully saturated rings. The summed E-state index contributed by atoms with van der Waals surface area (Å²) < 4.78 is 16.1. The number of carbonyl (C=O) groups excluding carboxylic acids is 3. The third kappa shape index (κ3) is 3.69. The first-order valence-electron chi connectivity index (χ1n) is 10.0. The molecule has 2 unspecified atom stereocenters. The number of methoxy groups -OCH3 is 1. The van der Waals surface area contributed by atoms with Crippen LogP contribution in [-0.2, 0) is 14.4 Å². The molecule has 0 bridgehead atoms. The Morgan fingerprint density at radius 1 is 1.15 bits per heavy atom. The minimum Gasteiger partial charge on any atom is -0.495 e. The fourth-order valence-corrected chi connectivity index (χ4v) is 4.12. The normalized spacial score (nSPS) is 20.8. The van der Waals surface area contributed by atoms with E-state index in [0.717, 1.165) is 4.90 Å². The van der Waals surface area contributed by atoms with Crippen molar-refractivity contribution in [1.29, 1.82) is 0 Å². The number of rotatable bonds is 5. The van der Waals surface area contributed by atoms with Crippen LogP contribution in [0.5, 0.6) is 17.2 Å². The summed E-state index contributed by atoms with van der Waals surface area (Å²) in [7, 11) is 1.46. The highest BCUT2D eigenvalue weighted by Gasteiger charge is 2.55. The Morgan fingerprint density at radius 2 is 1.94 bits per heavy atom. The standard InChI is InChI=1S/C21H18ClN5O6/c1-31-14-5-3-12(9-13(14)22)27-20(29)18-19(21(27)30)26(25-24-18)10-17(28)23-11-2-4-15-16(8-11)33-7-6-32-15/h2-5,8-9,18-19H,6-7,10H2,1H3,(H,23,28). The molecule has 33 heavy (non-hydrogen) atoms. The Hall–Kier alpha value is -3.86. The van der Waals surface area contributed by atoms with Gasteiger partial charge in [0.15, 0.2) is 23.6 Å². The number of nitrogens with one attached hydrogen (secondary N) is 1. The lowest BCUT2D eigenvalue weighted by molar-refractivity contribution is -0.123. The smallest absolute Gasteiger partial charge is 0.263 e. The van der Waals surface area contributed by atoms with Crippen LogP contribution in [0.15, 0.2) is 46.7 Å². The monoisotopic (exact) mass is 471 g/mol. The number of anilines is 2. The zero-order valence-corrected chi connectivity index (χ0v) is 18.1. The lowest BCUT2D eigenvalue weighted by Crippen LogP contribution is -2.43. The number of carbonyl (C=O) groups is 3.